The third kappa shape index (κ3) is 4.69. The van der Waals surface area contributed by atoms with E-state index in [1.807, 2.05) is 0 Å². The Morgan fingerprint density at radius 2 is 2.09 bits per heavy atom. The zero-order valence-electron chi connectivity index (χ0n) is 13.1. The van der Waals surface area contributed by atoms with Crippen LogP contribution in [0.1, 0.15) is 17.3 Å². The monoisotopic (exact) mass is 310 g/mol. The van der Waals surface area contributed by atoms with Gasteiger partial charge in [-0.05, 0) is 25.1 Å². The number of nitrogens with one attached hydrogen (secondary N) is 1. The van der Waals surface area contributed by atoms with Crippen molar-refractivity contribution in [1.29, 1.82) is 0 Å². The van der Waals surface area contributed by atoms with Gasteiger partial charge in [0.2, 0.25) is 0 Å². The van der Waals surface area contributed by atoms with Gasteiger partial charge in [0.05, 0.1) is 20.3 Å². The SMILES string of the molecule is COc1cc(C(C)=O)ccc1OC[C@@H](O)C[NH+]1CCOCC1. The summed E-state index contributed by atoms with van der Waals surface area (Å²) in [5.74, 6) is 1.00. The minimum atomic E-state index is -0.551. The van der Waals surface area contributed by atoms with Gasteiger partial charge >= 0.3 is 0 Å². The summed E-state index contributed by atoms with van der Waals surface area (Å²) in [7, 11) is 1.53. The summed E-state index contributed by atoms with van der Waals surface area (Å²) in [5.41, 5.74) is 0.572. The van der Waals surface area contributed by atoms with Gasteiger partial charge in [-0.2, -0.15) is 0 Å². The fraction of sp³-hybridized carbons (Fsp3) is 0.562. The second-order valence-electron chi connectivity index (χ2n) is 5.45. The van der Waals surface area contributed by atoms with E-state index >= 15 is 0 Å². The molecule has 0 spiro atoms. The molecule has 0 aliphatic carbocycles. The first-order chi connectivity index (χ1) is 10.6. The zero-order chi connectivity index (χ0) is 15.9. The number of rotatable bonds is 7. The number of carbonyl (C=O) groups excluding carboxylic acids is 1. The summed E-state index contributed by atoms with van der Waals surface area (Å²) >= 11 is 0. The fourth-order valence-electron chi connectivity index (χ4n) is 2.45. The van der Waals surface area contributed by atoms with Crippen molar-refractivity contribution < 1.29 is 29.0 Å². The van der Waals surface area contributed by atoms with E-state index < -0.39 is 6.10 Å². The Morgan fingerprint density at radius 1 is 1.36 bits per heavy atom. The molecule has 1 fully saturated rings. The smallest absolute Gasteiger partial charge is 0.161 e. The molecular formula is C16H24NO5+. The maximum atomic E-state index is 11.4. The Bertz CT molecular complexity index is 499. The van der Waals surface area contributed by atoms with Crippen molar-refractivity contribution in [3.63, 3.8) is 0 Å². The molecule has 0 unspecified atom stereocenters. The molecule has 122 valence electrons. The second kappa shape index (κ2) is 8.12. The highest BCUT2D eigenvalue weighted by Gasteiger charge is 2.19. The molecule has 0 amide bonds. The predicted octanol–water partition coefficient (Wildman–Crippen LogP) is -0.447. The van der Waals surface area contributed by atoms with Gasteiger partial charge in [-0.1, -0.05) is 0 Å². The topological polar surface area (TPSA) is 69.4 Å². The van der Waals surface area contributed by atoms with Gasteiger partial charge in [0, 0.05) is 5.56 Å². The van der Waals surface area contributed by atoms with Crippen molar-refractivity contribution in [2.24, 2.45) is 0 Å². The minimum absolute atomic E-state index is 0.0270. The van der Waals surface area contributed by atoms with E-state index in [1.165, 1.54) is 18.9 Å². The molecule has 1 aromatic carbocycles. The van der Waals surface area contributed by atoms with Crippen LogP contribution in [0.5, 0.6) is 11.5 Å². The molecule has 1 saturated heterocycles. The predicted molar refractivity (Wildman–Crippen MR) is 80.9 cm³/mol. The van der Waals surface area contributed by atoms with Gasteiger partial charge < -0.3 is 24.2 Å². The average Bonchev–Trinajstić information content (AvgIpc) is 2.53. The van der Waals surface area contributed by atoms with Crippen LogP contribution < -0.4 is 14.4 Å². The Balaban J connectivity index is 1.88. The van der Waals surface area contributed by atoms with Crippen molar-refractivity contribution in [3.8, 4) is 11.5 Å². The van der Waals surface area contributed by atoms with Crippen LogP contribution in [-0.2, 0) is 4.74 Å². The second-order valence-corrected chi connectivity index (χ2v) is 5.45. The summed E-state index contributed by atoms with van der Waals surface area (Å²) in [6.45, 7) is 5.63. The molecule has 1 heterocycles. The van der Waals surface area contributed by atoms with Crippen LogP contribution in [0.3, 0.4) is 0 Å². The van der Waals surface area contributed by atoms with Gasteiger partial charge in [-0.15, -0.1) is 0 Å². The van der Waals surface area contributed by atoms with Gasteiger partial charge in [0.25, 0.3) is 0 Å². The molecule has 22 heavy (non-hydrogen) atoms. The van der Waals surface area contributed by atoms with E-state index in [4.69, 9.17) is 14.2 Å². The maximum absolute atomic E-state index is 11.4. The number of carbonyl (C=O) groups is 1. The van der Waals surface area contributed by atoms with Crippen LogP contribution in [0.4, 0.5) is 0 Å². The lowest BCUT2D eigenvalue weighted by Crippen LogP contribution is -3.15. The molecule has 1 aliphatic rings. The molecule has 1 aromatic rings. The summed E-state index contributed by atoms with van der Waals surface area (Å²) in [6.07, 6.45) is -0.551. The van der Waals surface area contributed by atoms with Crippen LogP contribution in [0, 0.1) is 0 Å². The molecule has 1 atom stereocenters. The van der Waals surface area contributed by atoms with E-state index in [0.717, 1.165) is 26.3 Å². The molecule has 0 radical (unpaired) electrons. The summed E-state index contributed by atoms with van der Waals surface area (Å²) in [5, 5.41) is 10.1. The van der Waals surface area contributed by atoms with Crippen LogP contribution in [0.15, 0.2) is 18.2 Å². The van der Waals surface area contributed by atoms with Gasteiger partial charge in [0.15, 0.2) is 17.3 Å². The number of benzene rings is 1. The van der Waals surface area contributed by atoms with Gasteiger partial charge in [-0.25, -0.2) is 0 Å². The third-order valence-electron chi connectivity index (χ3n) is 3.73. The van der Waals surface area contributed by atoms with Crippen LogP contribution in [0.25, 0.3) is 0 Å². The fourth-order valence-corrected chi connectivity index (χ4v) is 2.45. The van der Waals surface area contributed by atoms with E-state index in [9.17, 15) is 9.90 Å². The molecule has 2 rings (SSSR count). The quantitative estimate of drug-likeness (QED) is 0.668. The number of aliphatic hydroxyl groups is 1. The number of hydrogen-bond donors (Lipinski definition) is 2. The largest absolute Gasteiger partial charge is 0.493 e. The molecule has 6 nitrogen and oxygen atoms in total. The van der Waals surface area contributed by atoms with E-state index in [-0.39, 0.29) is 12.4 Å². The van der Waals surface area contributed by atoms with Crippen molar-refractivity contribution >= 4 is 5.78 Å². The van der Waals surface area contributed by atoms with Gasteiger partial charge in [0.1, 0.15) is 32.3 Å². The summed E-state index contributed by atoms with van der Waals surface area (Å²) in [6, 6.07) is 5.04. The van der Waals surface area contributed by atoms with Crippen molar-refractivity contribution in [1.82, 2.24) is 0 Å². The highest BCUT2D eigenvalue weighted by Crippen LogP contribution is 2.28. The zero-order valence-corrected chi connectivity index (χ0v) is 13.1. The summed E-state index contributed by atoms with van der Waals surface area (Å²) in [4.78, 5) is 12.7. The first-order valence-electron chi connectivity index (χ1n) is 7.51. The summed E-state index contributed by atoms with van der Waals surface area (Å²) < 4.78 is 16.2. The van der Waals surface area contributed by atoms with Crippen molar-refractivity contribution in [3.05, 3.63) is 23.8 Å². The number of ketones is 1. The molecule has 0 saturated carbocycles. The first-order valence-corrected chi connectivity index (χ1v) is 7.51. The lowest BCUT2D eigenvalue weighted by molar-refractivity contribution is -0.911. The lowest BCUT2D eigenvalue weighted by atomic mass is 10.1. The number of Topliss-reactive ketones (excluding diaryl/α,β-unsaturated/α-hetero) is 1. The molecular weight excluding hydrogens is 286 g/mol. The van der Waals surface area contributed by atoms with Crippen LogP contribution in [0.2, 0.25) is 0 Å². The standard InChI is InChI=1S/C16H23NO5/c1-12(18)13-3-4-15(16(9-13)20-2)22-11-14(19)10-17-5-7-21-8-6-17/h3-4,9,14,19H,5-8,10-11H2,1-2H3/p+1/t14-/m0/s1. The molecule has 0 bridgehead atoms. The third-order valence-corrected chi connectivity index (χ3v) is 3.73. The highest BCUT2D eigenvalue weighted by atomic mass is 16.5. The molecule has 0 aromatic heterocycles. The minimum Gasteiger partial charge on any atom is -0.493 e. The average molecular weight is 310 g/mol. The normalized spacial score (nSPS) is 17.0. The van der Waals surface area contributed by atoms with E-state index in [2.05, 4.69) is 0 Å². The maximum Gasteiger partial charge on any atom is 0.161 e. The van der Waals surface area contributed by atoms with E-state index in [0.29, 0.717) is 23.6 Å². The first kappa shape index (κ1) is 16.7. The molecule has 1 aliphatic heterocycles. The molecule has 2 N–H and O–H groups in total. The van der Waals surface area contributed by atoms with Gasteiger partial charge in [-0.3, -0.25) is 4.79 Å². The number of aliphatic hydroxyl groups excluding tert-OH is 1. The highest BCUT2D eigenvalue weighted by molar-refractivity contribution is 5.94. The number of quaternary nitrogens is 1. The number of methoxy groups -OCH3 is 1. The number of morpholine rings is 1. The van der Waals surface area contributed by atoms with Crippen LogP contribution in [-0.4, -0.2) is 63.6 Å². The Morgan fingerprint density at radius 3 is 2.73 bits per heavy atom. The molecule has 6 heteroatoms. The van der Waals surface area contributed by atoms with E-state index in [1.54, 1.807) is 18.2 Å². The Kier molecular flexibility index (Phi) is 6.18. The Hall–Kier alpha value is -1.63. The Labute approximate surface area is 130 Å². The van der Waals surface area contributed by atoms with Crippen molar-refractivity contribution in [2.75, 3.05) is 46.6 Å². The van der Waals surface area contributed by atoms with Crippen molar-refractivity contribution in [2.45, 2.75) is 13.0 Å². The van der Waals surface area contributed by atoms with Crippen LogP contribution >= 0.6 is 0 Å². The lowest BCUT2D eigenvalue weighted by Gasteiger charge is -2.25. The number of ether oxygens (including phenoxy) is 3. The number of hydrogen-bond acceptors (Lipinski definition) is 5.